The Morgan fingerprint density at radius 2 is 1.45 bits per heavy atom. The van der Waals surface area contributed by atoms with Crippen molar-refractivity contribution in [3.05, 3.63) is 59.7 Å². The summed E-state index contributed by atoms with van der Waals surface area (Å²) in [4.78, 5) is 24.5. The molecule has 1 fully saturated rings. The van der Waals surface area contributed by atoms with Crippen molar-refractivity contribution in [2.45, 2.75) is 18.4 Å². The largest absolute Gasteiger partial charge is 0.497 e. The number of carbonyl (C=O) groups excluding carboxylic acids is 2. The summed E-state index contributed by atoms with van der Waals surface area (Å²) in [6.07, 6.45) is -3.58. The lowest BCUT2D eigenvalue weighted by Gasteiger charge is -2.20. The van der Waals surface area contributed by atoms with E-state index in [2.05, 4.69) is 0 Å². The summed E-state index contributed by atoms with van der Waals surface area (Å²) in [5.41, 5.74) is 0.561. The number of ether oxygens (including phenoxy) is 5. The van der Waals surface area contributed by atoms with Gasteiger partial charge in [0.25, 0.3) is 0 Å². The van der Waals surface area contributed by atoms with Gasteiger partial charge in [-0.25, -0.2) is 14.0 Å². The Bertz CT molecular complexity index is 835. The summed E-state index contributed by atoms with van der Waals surface area (Å²) in [6, 6.07) is 12.6. The molecular formula is C21H21FO7. The average Bonchev–Trinajstić information content (AvgIpc) is 3.11. The Morgan fingerprint density at radius 3 is 1.97 bits per heavy atom. The Labute approximate surface area is 167 Å². The molecule has 0 aromatic heterocycles. The molecule has 2 aromatic carbocycles. The molecular weight excluding hydrogens is 383 g/mol. The normalized spacial score (nSPS) is 20.7. The van der Waals surface area contributed by atoms with Crippen molar-refractivity contribution in [2.75, 3.05) is 27.4 Å². The molecule has 1 saturated heterocycles. The van der Waals surface area contributed by atoms with Crippen molar-refractivity contribution in [2.24, 2.45) is 0 Å². The van der Waals surface area contributed by atoms with Crippen LogP contribution in [0.5, 0.6) is 11.5 Å². The van der Waals surface area contributed by atoms with Crippen molar-refractivity contribution in [1.82, 2.24) is 0 Å². The number of halogens is 1. The third-order valence-corrected chi connectivity index (χ3v) is 4.47. The van der Waals surface area contributed by atoms with Gasteiger partial charge in [0, 0.05) is 0 Å². The minimum absolute atomic E-state index is 0.244. The van der Waals surface area contributed by atoms with Gasteiger partial charge in [0.05, 0.1) is 32.0 Å². The summed E-state index contributed by atoms with van der Waals surface area (Å²) in [5.74, 6) is -0.111. The van der Waals surface area contributed by atoms with Crippen LogP contribution in [0, 0.1) is 0 Å². The van der Waals surface area contributed by atoms with Crippen LogP contribution >= 0.6 is 0 Å². The third-order valence-electron chi connectivity index (χ3n) is 4.47. The first-order valence-corrected chi connectivity index (χ1v) is 8.93. The second-order valence-electron chi connectivity index (χ2n) is 6.31. The predicted octanol–water partition coefficient (Wildman–Crippen LogP) is 2.82. The molecule has 0 aliphatic carbocycles. The number of hydrogen-bond acceptors (Lipinski definition) is 7. The number of carbonyl (C=O) groups is 2. The third kappa shape index (κ3) is 5.03. The Hall–Kier alpha value is -3.13. The fraction of sp³-hybridized carbons (Fsp3) is 0.333. The maximum atomic E-state index is 14.2. The van der Waals surface area contributed by atoms with E-state index in [0.29, 0.717) is 17.1 Å². The minimum Gasteiger partial charge on any atom is -0.497 e. The van der Waals surface area contributed by atoms with Crippen molar-refractivity contribution in [3.63, 3.8) is 0 Å². The second kappa shape index (κ2) is 9.38. The van der Waals surface area contributed by atoms with Gasteiger partial charge in [0.1, 0.15) is 24.2 Å². The first-order chi connectivity index (χ1) is 14.0. The standard InChI is InChI=1S/C21H21FO7/c1-25-15-7-3-13(4-8-15)20(23)28-12-18-19(17(22)11-27-18)29-21(24)14-5-9-16(26-2)10-6-14/h3-10,17-19H,11-12H2,1-2H3/t17-,18-,19+/m1/s1. The minimum atomic E-state index is -1.51. The number of methoxy groups -OCH3 is 2. The van der Waals surface area contributed by atoms with Crippen molar-refractivity contribution >= 4 is 11.9 Å². The van der Waals surface area contributed by atoms with Gasteiger partial charge < -0.3 is 23.7 Å². The molecule has 1 heterocycles. The molecule has 1 aliphatic rings. The molecule has 2 aromatic rings. The van der Waals surface area contributed by atoms with Gasteiger partial charge in [-0.1, -0.05) is 0 Å². The van der Waals surface area contributed by atoms with Gasteiger partial charge in [0.2, 0.25) is 0 Å². The Kier molecular flexibility index (Phi) is 6.66. The number of esters is 2. The predicted molar refractivity (Wildman–Crippen MR) is 100 cm³/mol. The highest BCUT2D eigenvalue weighted by Crippen LogP contribution is 2.23. The van der Waals surface area contributed by atoms with Crippen molar-refractivity contribution in [3.8, 4) is 11.5 Å². The first kappa shape index (κ1) is 20.6. The number of alkyl halides is 1. The lowest BCUT2D eigenvalue weighted by atomic mass is 10.1. The van der Waals surface area contributed by atoms with Crippen LogP contribution in [0.2, 0.25) is 0 Å². The highest BCUT2D eigenvalue weighted by molar-refractivity contribution is 5.90. The summed E-state index contributed by atoms with van der Waals surface area (Å²) in [6.45, 7) is -0.489. The average molecular weight is 404 g/mol. The van der Waals surface area contributed by atoms with Gasteiger partial charge in [0.15, 0.2) is 12.3 Å². The van der Waals surface area contributed by atoms with E-state index in [4.69, 9.17) is 23.7 Å². The van der Waals surface area contributed by atoms with E-state index in [9.17, 15) is 14.0 Å². The second-order valence-corrected chi connectivity index (χ2v) is 6.31. The van der Waals surface area contributed by atoms with Crippen LogP contribution in [-0.2, 0) is 14.2 Å². The topological polar surface area (TPSA) is 80.3 Å². The van der Waals surface area contributed by atoms with Gasteiger partial charge >= 0.3 is 11.9 Å². The fourth-order valence-corrected chi connectivity index (χ4v) is 2.82. The van der Waals surface area contributed by atoms with Crippen LogP contribution in [0.1, 0.15) is 20.7 Å². The Balaban J connectivity index is 1.58. The van der Waals surface area contributed by atoms with E-state index in [1.165, 1.54) is 26.4 Å². The summed E-state index contributed by atoms with van der Waals surface area (Å²) >= 11 is 0. The highest BCUT2D eigenvalue weighted by atomic mass is 19.1. The molecule has 3 atom stereocenters. The van der Waals surface area contributed by atoms with E-state index in [-0.39, 0.29) is 18.8 Å². The number of hydrogen-bond donors (Lipinski definition) is 0. The molecule has 3 rings (SSSR count). The van der Waals surface area contributed by atoms with Crippen LogP contribution in [0.3, 0.4) is 0 Å². The molecule has 0 radical (unpaired) electrons. The van der Waals surface area contributed by atoms with E-state index in [0.717, 1.165) is 0 Å². The maximum Gasteiger partial charge on any atom is 0.338 e. The van der Waals surface area contributed by atoms with Crippen LogP contribution in [0.15, 0.2) is 48.5 Å². The van der Waals surface area contributed by atoms with Gasteiger partial charge in [-0.05, 0) is 48.5 Å². The summed E-state index contributed by atoms with van der Waals surface area (Å²) in [5, 5.41) is 0. The molecule has 8 heteroatoms. The summed E-state index contributed by atoms with van der Waals surface area (Å²) in [7, 11) is 3.03. The zero-order valence-corrected chi connectivity index (χ0v) is 16.0. The molecule has 0 unspecified atom stereocenters. The molecule has 0 spiro atoms. The molecule has 7 nitrogen and oxygen atoms in total. The van der Waals surface area contributed by atoms with E-state index >= 15 is 0 Å². The Morgan fingerprint density at radius 1 is 0.931 bits per heavy atom. The summed E-state index contributed by atoms with van der Waals surface area (Å²) < 4.78 is 40.0. The molecule has 29 heavy (non-hydrogen) atoms. The monoisotopic (exact) mass is 404 g/mol. The van der Waals surface area contributed by atoms with Crippen LogP contribution in [0.4, 0.5) is 4.39 Å². The molecule has 0 saturated carbocycles. The first-order valence-electron chi connectivity index (χ1n) is 8.93. The molecule has 154 valence electrons. The molecule has 0 N–H and O–H groups in total. The van der Waals surface area contributed by atoms with Crippen molar-refractivity contribution in [1.29, 1.82) is 0 Å². The lowest BCUT2D eigenvalue weighted by molar-refractivity contribution is -0.0326. The maximum absolute atomic E-state index is 14.2. The zero-order valence-electron chi connectivity index (χ0n) is 16.0. The quantitative estimate of drug-likeness (QED) is 0.657. The molecule has 0 amide bonds. The van der Waals surface area contributed by atoms with Gasteiger partial charge in [-0.15, -0.1) is 0 Å². The van der Waals surface area contributed by atoms with E-state index < -0.39 is 30.3 Å². The lowest BCUT2D eigenvalue weighted by Crippen LogP contribution is -2.36. The highest BCUT2D eigenvalue weighted by Gasteiger charge is 2.41. The smallest absolute Gasteiger partial charge is 0.338 e. The van der Waals surface area contributed by atoms with Crippen LogP contribution in [0.25, 0.3) is 0 Å². The fourth-order valence-electron chi connectivity index (χ4n) is 2.82. The molecule has 1 aliphatic heterocycles. The van der Waals surface area contributed by atoms with Crippen molar-refractivity contribution < 1.29 is 37.7 Å². The van der Waals surface area contributed by atoms with E-state index in [1.54, 1.807) is 36.4 Å². The van der Waals surface area contributed by atoms with Gasteiger partial charge in [-0.3, -0.25) is 0 Å². The zero-order chi connectivity index (χ0) is 20.8. The number of rotatable bonds is 7. The number of benzene rings is 2. The van der Waals surface area contributed by atoms with Crippen LogP contribution in [-0.4, -0.2) is 57.8 Å². The van der Waals surface area contributed by atoms with E-state index in [1.807, 2.05) is 0 Å². The SMILES string of the molecule is COc1ccc(C(=O)OC[C@H]2OC[C@@H](F)[C@@H]2OC(=O)c2ccc(OC)cc2)cc1. The van der Waals surface area contributed by atoms with Crippen LogP contribution < -0.4 is 9.47 Å². The van der Waals surface area contributed by atoms with Gasteiger partial charge in [-0.2, -0.15) is 0 Å². The molecule has 0 bridgehead atoms.